The maximum Gasteiger partial charge on any atom is 1.00 e. The van der Waals surface area contributed by atoms with Gasteiger partial charge in [-0.05, 0) is 86.2 Å². The van der Waals surface area contributed by atoms with Gasteiger partial charge in [-0.15, -0.1) is 0 Å². The summed E-state index contributed by atoms with van der Waals surface area (Å²) in [6.07, 6.45) is 13.8. The number of carbonyl (C=O) groups is 6. The number of hydrogen-bond donors (Lipinski definition) is 0. The van der Waals surface area contributed by atoms with Gasteiger partial charge in [-0.3, -0.25) is 37.4 Å². The third-order valence-corrected chi connectivity index (χ3v) is 20.8. The van der Waals surface area contributed by atoms with Gasteiger partial charge in [0, 0.05) is 50.1 Å². The largest absolute Gasteiger partial charge is 1.00 e. The Bertz CT molecular complexity index is 2200. The van der Waals surface area contributed by atoms with Crippen LogP contribution in [-0.2, 0) is 69.3 Å². The van der Waals surface area contributed by atoms with E-state index in [1.165, 1.54) is 33.8 Å². The number of carboxylic acid groups (broad SMARTS) is 2. The molecule has 0 unspecified atom stereocenters. The molecule has 2 aliphatic heterocycles. The van der Waals surface area contributed by atoms with Crippen molar-refractivity contribution in [3.05, 3.63) is 71.8 Å². The molecule has 0 spiro atoms. The molecule has 4 N–H and O–H groups in total. The number of carbonyl (C=O) groups excluding carboxylic acids is 6. The molecule has 90 heavy (non-hydrogen) atoms. The van der Waals surface area contributed by atoms with Gasteiger partial charge in [-0.1, -0.05) is 181 Å². The average molecular weight is 1550 g/mol. The van der Waals surface area contributed by atoms with Crippen LogP contribution in [0, 0.1) is 35.5 Å². The quantitative estimate of drug-likeness (QED) is 0.0384. The Morgan fingerprint density at radius 2 is 0.811 bits per heavy atom. The molecule has 0 aromatic heterocycles. The Labute approximate surface area is 663 Å². The fourth-order valence-electron chi connectivity index (χ4n) is 11.6. The van der Waals surface area contributed by atoms with Gasteiger partial charge in [-0.25, -0.2) is 0 Å². The van der Waals surface area contributed by atoms with Crippen molar-refractivity contribution in [2.75, 3.05) is 37.7 Å². The van der Waals surface area contributed by atoms with E-state index in [4.69, 9.17) is 18.5 Å². The van der Waals surface area contributed by atoms with Gasteiger partial charge in [0.25, 0.3) is 0 Å². The Morgan fingerprint density at radius 3 is 1.08 bits per heavy atom. The van der Waals surface area contributed by atoms with E-state index in [-0.39, 0.29) is 254 Å². The smallest absolute Gasteiger partial charge is 0.548 e. The molecular formula is C62H114CsN2NaO16P2S6. The van der Waals surface area contributed by atoms with Gasteiger partial charge in [-0.2, -0.15) is 81.0 Å². The van der Waals surface area contributed by atoms with Crippen LogP contribution < -0.4 is 109 Å². The number of carboxylic acids is 2. The first kappa shape index (κ1) is 107. The van der Waals surface area contributed by atoms with Crippen LogP contribution in [0.2, 0.25) is 0 Å². The van der Waals surface area contributed by atoms with Crippen molar-refractivity contribution in [2.24, 2.45) is 35.5 Å². The topological polar surface area (TPSA) is 289 Å². The van der Waals surface area contributed by atoms with Crippen molar-refractivity contribution in [2.45, 2.75) is 209 Å². The van der Waals surface area contributed by atoms with Crippen LogP contribution in [0.25, 0.3) is 0 Å². The molecule has 8 atom stereocenters. The Hall–Kier alpha value is 0.712. The fraction of sp³-hybridized carbons (Fsp3) is 0.710. The first-order valence-corrected chi connectivity index (χ1v) is 33.2. The second kappa shape index (κ2) is 55.6. The number of unbranched alkanes of at least 4 members (excludes halogenated alkanes) is 2. The number of nitrogens with zero attached hydrogens (tertiary/aromatic N) is 2. The Morgan fingerprint density at radius 1 is 0.511 bits per heavy atom. The molecular weight excluding hydrogens is 1440 g/mol. The van der Waals surface area contributed by atoms with Gasteiger partial charge >= 0.3 is 110 Å². The zero-order valence-electron chi connectivity index (χ0n) is 53.4. The van der Waals surface area contributed by atoms with E-state index in [0.717, 1.165) is 77.0 Å². The molecule has 516 valence electrons. The number of aliphatic carboxylic acids is 2. The number of rotatable bonds is 28. The van der Waals surface area contributed by atoms with E-state index >= 15 is 0 Å². The van der Waals surface area contributed by atoms with Crippen molar-refractivity contribution in [1.82, 2.24) is 9.80 Å². The summed E-state index contributed by atoms with van der Waals surface area (Å²) in [5, 5.41) is 24.0. The van der Waals surface area contributed by atoms with E-state index in [1.54, 1.807) is 41.5 Å². The molecule has 18 nitrogen and oxygen atoms in total. The molecule has 4 fully saturated rings. The standard InChI is InChI=1S/2C30H46NO7P.2CH4.Cs.Na.2H2O.6H2S/c2*1-4-28(33)37-30(22(2)3)38-39(36,18-12-11-15-23-13-7-5-8-14-23)21-27(32)31-20-25(19-26(31)29(34)35)24-16-9-6-10-17-24;;;;;;;;;;;;/h2*5,7-8,13-14,22,24-26,30H,4,6,9-12,15-21H2,1-3H3,(H,34,35);2*1H4;;;8*1H2/q;;;;2*+1;;;;;;;;/p-2/t2*25-,26+,30+,39-;;;;;;;;;;;;/m11............/s1. The van der Waals surface area contributed by atoms with Crippen LogP contribution in [0.15, 0.2) is 60.7 Å². The molecule has 2 aliphatic carbocycles. The van der Waals surface area contributed by atoms with E-state index in [0.29, 0.717) is 50.6 Å². The van der Waals surface area contributed by atoms with Crippen LogP contribution in [0.3, 0.4) is 0 Å². The first-order valence-electron chi connectivity index (χ1n) is 29.2. The SMILES string of the molecule is C.C.CCC(=O)O[C@@H](O[P@](=O)(CCCCc1ccccc1)CC(=O)N1C[C@H](C2CCCCC2)C[C@H]1C(=O)[O-])C(C)C.CCC(=O)O[C@@H](O[P@](=O)(CCCCc1ccccc1)CC(=O)N1C[C@H](C2CCCCC2)C[C@H]1C(=O)[O-])C(C)C.O.O.S.S.S.S.S.S.[Cs+].[Na+]. The third-order valence-electron chi connectivity index (χ3n) is 16.1. The summed E-state index contributed by atoms with van der Waals surface area (Å²) in [6, 6.07) is 17.9. The fourth-order valence-corrected chi connectivity index (χ4v) is 16.2. The van der Waals surface area contributed by atoms with Crippen LogP contribution in [0.1, 0.15) is 183 Å². The summed E-state index contributed by atoms with van der Waals surface area (Å²) in [7, 11) is -7.23. The molecule has 28 heteroatoms. The van der Waals surface area contributed by atoms with Crippen LogP contribution in [0.4, 0.5) is 0 Å². The predicted octanol–water partition coefficient (Wildman–Crippen LogP) is 3.88. The van der Waals surface area contributed by atoms with Crippen molar-refractivity contribution >= 4 is 131 Å². The van der Waals surface area contributed by atoms with Crippen molar-refractivity contribution in [3.8, 4) is 0 Å². The maximum absolute atomic E-state index is 14.2. The predicted molar refractivity (Wildman–Crippen MR) is 379 cm³/mol. The Balaban J connectivity index is -0.000000220. The number of ether oxygens (including phenoxy) is 2. The molecule has 0 bridgehead atoms. The van der Waals surface area contributed by atoms with Gasteiger partial charge in [0.1, 0.15) is 12.3 Å². The monoisotopic (exact) mass is 1550 g/mol. The average Bonchev–Trinajstić information content (AvgIpc) is 2.28. The summed E-state index contributed by atoms with van der Waals surface area (Å²) in [6.45, 7) is 11.2. The van der Waals surface area contributed by atoms with Gasteiger partial charge in [0.15, 0.2) is 0 Å². The number of likely N-dealkylation sites (tertiary alicyclic amines) is 2. The number of aryl methyl sites for hydroxylation is 2. The van der Waals surface area contributed by atoms with Gasteiger partial charge < -0.3 is 50.0 Å². The normalized spacial score (nSPS) is 19.4. The zero-order chi connectivity index (χ0) is 56.8. The molecule has 2 aromatic carbocycles. The molecule has 4 aliphatic rings. The number of hydrogen-bond acceptors (Lipinski definition) is 14. The molecule has 2 amide bonds. The van der Waals surface area contributed by atoms with Gasteiger partial charge in [0.2, 0.25) is 39.1 Å². The molecule has 0 radical (unpaired) electrons. The number of benzene rings is 2. The second-order valence-electron chi connectivity index (χ2n) is 23.0. The second-order valence-corrected chi connectivity index (χ2v) is 28.2. The summed E-state index contributed by atoms with van der Waals surface area (Å²) in [5.41, 5.74) is 2.34. The molecule has 2 heterocycles. The maximum atomic E-state index is 14.2. The minimum Gasteiger partial charge on any atom is -0.548 e. The summed E-state index contributed by atoms with van der Waals surface area (Å²) in [5.74, 6) is -3.97. The van der Waals surface area contributed by atoms with Crippen LogP contribution in [0.5, 0.6) is 0 Å². The van der Waals surface area contributed by atoms with Crippen LogP contribution >= 0.6 is 95.7 Å². The summed E-state index contributed by atoms with van der Waals surface area (Å²) < 4.78 is 51.3. The van der Waals surface area contributed by atoms with E-state index < -0.39 is 87.4 Å². The molecule has 2 saturated heterocycles. The van der Waals surface area contributed by atoms with Gasteiger partial charge in [0.05, 0.1) is 24.0 Å². The summed E-state index contributed by atoms with van der Waals surface area (Å²) in [4.78, 5) is 77.9. The molecule has 6 rings (SSSR count). The van der Waals surface area contributed by atoms with Crippen molar-refractivity contribution < 1.29 is 176 Å². The van der Waals surface area contributed by atoms with Crippen LogP contribution in [-0.4, -0.2) is 119 Å². The minimum absolute atomic E-state index is 0. The number of esters is 2. The van der Waals surface area contributed by atoms with Crippen molar-refractivity contribution in [1.29, 1.82) is 0 Å². The summed E-state index contributed by atoms with van der Waals surface area (Å²) >= 11 is 0. The minimum atomic E-state index is -3.62. The van der Waals surface area contributed by atoms with E-state index in [9.17, 15) is 48.1 Å². The molecule has 2 aromatic rings. The first-order chi connectivity index (χ1) is 37.2. The number of amides is 2. The molecule has 2 saturated carbocycles. The third kappa shape index (κ3) is 36.5. The van der Waals surface area contributed by atoms with E-state index in [1.807, 2.05) is 60.7 Å². The Kier molecular flexibility index (Phi) is 65.9. The van der Waals surface area contributed by atoms with Crippen molar-refractivity contribution in [3.63, 3.8) is 0 Å². The van der Waals surface area contributed by atoms with E-state index in [2.05, 4.69) is 0 Å². The zero-order valence-corrected chi connectivity index (χ0v) is 69.5.